The van der Waals surface area contributed by atoms with Crippen molar-refractivity contribution in [3.05, 3.63) is 23.4 Å². The molecule has 0 spiro atoms. The lowest BCUT2D eigenvalue weighted by atomic mass is 10.0. The summed E-state index contributed by atoms with van der Waals surface area (Å²) in [7, 11) is 1.87. The second-order valence-corrected chi connectivity index (χ2v) is 6.81. The third-order valence-electron chi connectivity index (χ3n) is 5.00. The fourth-order valence-electron chi connectivity index (χ4n) is 3.69. The topological polar surface area (TPSA) is 55.5 Å². The van der Waals surface area contributed by atoms with E-state index in [2.05, 4.69) is 15.1 Å². The van der Waals surface area contributed by atoms with Crippen LogP contribution in [0.4, 0.5) is 10.5 Å². The number of halogens is 1. The van der Waals surface area contributed by atoms with Gasteiger partial charge in [-0.2, -0.15) is 5.10 Å². The van der Waals surface area contributed by atoms with Gasteiger partial charge in [-0.1, -0.05) is 11.6 Å². The van der Waals surface area contributed by atoms with E-state index in [-0.39, 0.29) is 6.03 Å². The third kappa shape index (κ3) is 2.51. The first-order chi connectivity index (χ1) is 11.1. The lowest BCUT2D eigenvalue weighted by molar-refractivity contribution is 0.173. The Kier molecular flexibility index (Phi) is 3.56. The fraction of sp³-hybridized carbons (Fsp3) is 0.500. The van der Waals surface area contributed by atoms with Gasteiger partial charge >= 0.3 is 6.03 Å². The average Bonchev–Trinajstić information content (AvgIpc) is 3.14. The zero-order valence-corrected chi connectivity index (χ0v) is 13.9. The number of piperidine rings is 1. The summed E-state index contributed by atoms with van der Waals surface area (Å²) in [6, 6.07) is 4.43. The molecule has 2 aromatic rings. The summed E-state index contributed by atoms with van der Waals surface area (Å²) in [5, 5.41) is 8.93. The summed E-state index contributed by atoms with van der Waals surface area (Å²) < 4.78 is 0. The first-order valence-electron chi connectivity index (χ1n) is 8.03. The molecule has 122 valence electrons. The molecule has 7 heteroatoms. The van der Waals surface area contributed by atoms with Gasteiger partial charge in [0.15, 0.2) is 0 Å². The highest BCUT2D eigenvalue weighted by Gasteiger charge is 2.33. The van der Waals surface area contributed by atoms with Crippen LogP contribution in [0.5, 0.6) is 0 Å². The molecular weight excluding hydrogens is 314 g/mol. The summed E-state index contributed by atoms with van der Waals surface area (Å²) in [6.45, 7) is 3.55. The summed E-state index contributed by atoms with van der Waals surface area (Å²) >= 11 is 6.23. The van der Waals surface area contributed by atoms with Crippen molar-refractivity contribution in [1.82, 2.24) is 20.0 Å². The molecule has 0 bridgehead atoms. The van der Waals surface area contributed by atoms with Gasteiger partial charge in [0.1, 0.15) is 0 Å². The number of hydrogen-bond acceptors (Lipinski definition) is 3. The largest absolute Gasteiger partial charge is 0.371 e. The number of fused-ring (bicyclic) bond motifs is 1. The van der Waals surface area contributed by atoms with Gasteiger partial charge in [-0.25, -0.2) is 4.79 Å². The van der Waals surface area contributed by atoms with Crippen molar-refractivity contribution in [3.63, 3.8) is 0 Å². The maximum Gasteiger partial charge on any atom is 0.320 e. The maximum absolute atomic E-state index is 12.1. The highest BCUT2D eigenvalue weighted by Crippen LogP contribution is 2.32. The number of likely N-dealkylation sites (N-methyl/N-ethyl adjacent to an activating group) is 1. The van der Waals surface area contributed by atoms with Gasteiger partial charge in [-0.15, -0.1) is 0 Å². The van der Waals surface area contributed by atoms with E-state index in [4.69, 9.17) is 11.6 Å². The number of nitrogens with zero attached hydrogens (tertiary/aromatic N) is 4. The molecule has 2 aliphatic rings. The van der Waals surface area contributed by atoms with Crippen molar-refractivity contribution in [2.45, 2.75) is 18.9 Å². The Morgan fingerprint density at radius 2 is 2.00 bits per heavy atom. The van der Waals surface area contributed by atoms with Crippen molar-refractivity contribution >= 4 is 34.2 Å². The van der Waals surface area contributed by atoms with Gasteiger partial charge in [-0.05, 0) is 25.0 Å². The molecule has 1 aromatic carbocycles. The van der Waals surface area contributed by atoms with Crippen LogP contribution in [0.15, 0.2) is 18.3 Å². The van der Waals surface area contributed by atoms with Gasteiger partial charge in [0.25, 0.3) is 0 Å². The van der Waals surface area contributed by atoms with Crippen LogP contribution >= 0.6 is 11.6 Å². The number of benzene rings is 1. The quantitative estimate of drug-likeness (QED) is 0.919. The van der Waals surface area contributed by atoms with Crippen molar-refractivity contribution < 1.29 is 4.79 Å². The molecule has 1 N–H and O–H groups in total. The minimum Gasteiger partial charge on any atom is -0.371 e. The summed E-state index contributed by atoms with van der Waals surface area (Å²) in [5.74, 6) is 0. The van der Waals surface area contributed by atoms with E-state index < -0.39 is 0 Å². The van der Waals surface area contributed by atoms with E-state index in [1.807, 2.05) is 30.3 Å². The summed E-state index contributed by atoms with van der Waals surface area (Å²) in [5.41, 5.74) is 2.09. The molecule has 0 unspecified atom stereocenters. The predicted octanol–water partition coefficient (Wildman–Crippen LogP) is 2.55. The Hall–Kier alpha value is -1.95. The van der Waals surface area contributed by atoms with E-state index in [9.17, 15) is 4.79 Å². The van der Waals surface area contributed by atoms with Gasteiger partial charge in [0.05, 0.1) is 11.7 Å². The highest BCUT2D eigenvalue weighted by atomic mass is 35.5. The van der Waals surface area contributed by atoms with Gasteiger partial charge in [-0.3, -0.25) is 5.10 Å². The smallest absolute Gasteiger partial charge is 0.320 e. The van der Waals surface area contributed by atoms with E-state index >= 15 is 0 Å². The molecule has 2 saturated heterocycles. The number of hydrogen-bond donors (Lipinski definition) is 1. The molecule has 1 aromatic heterocycles. The standard InChI is InChI=1S/C16H20ClN5O/c1-20-6-7-22(16(20)23)12-2-4-21(5-3-12)15-9-11(17)8-14-13(15)10-18-19-14/h8-10,12H,2-7H2,1H3,(H,18,19). The van der Waals surface area contributed by atoms with E-state index in [0.29, 0.717) is 6.04 Å². The molecule has 0 atom stereocenters. The monoisotopic (exact) mass is 333 g/mol. The zero-order valence-electron chi connectivity index (χ0n) is 13.1. The van der Waals surface area contributed by atoms with E-state index in [1.165, 1.54) is 0 Å². The van der Waals surface area contributed by atoms with Crippen LogP contribution < -0.4 is 4.90 Å². The Bertz CT molecular complexity index is 737. The van der Waals surface area contributed by atoms with Crippen molar-refractivity contribution in [3.8, 4) is 0 Å². The van der Waals surface area contributed by atoms with Crippen LogP contribution in [-0.4, -0.2) is 65.3 Å². The number of urea groups is 1. The molecule has 0 saturated carbocycles. The first-order valence-corrected chi connectivity index (χ1v) is 8.40. The van der Waals surface area contributed by atoms with Crippen LogP contribution in [0.1, 0.15) is 12.8 Å². The van der Waals surface area contributed by atoms with E-state index in [0.717, 1.165) is 60.6 Å². The molecule has 2 fully saturated rings. The van der Waals surface area contributed by atoms with Gasteiger partial charge < -0.3 is 14.7 Å². The number of carbonyl (C=O) groups excluding carboxylic acids is 1. The molecule has 0 radical (unpaired) electrons. The number of aromatic nitrogens is 2. The lowest BCUT2D eigenvalue weighted by Gasteiger charge is -2.37. The molecule has 4 rings (SSSR count). The average molecular weight is 334 g/mol. The Balaban J connectivity index is 1.51. The number of carbonyl (C=O) groups is 1. The highest BCUT2D eigenvalue weighted by molar-refractivity contribution is 6.31. The maximum atomic E-state index is 12.1. The number of amides is 2. The second kappa shape index (κ2) is 5.60. The molecule has 2 amide bonds. The van der Waals surface area contributed by atoms with Crippen LogP contribution in [0.25, 0.3) is 10.9 Å². The molecular formula is C16H20ClN5O. The minimum absolute atomic E-state index is 0.170. The second-order valence-electron chi connectivity index (χ2n) is 6.37. The molecule has 23 heavy (non-hydrogen) atoms. The molecule has 3 heterocycles. The van der Waals surface area contributed by atoms with Gasteiger partial charge in [0, 0.05) is 55.4 Å². The zero-order chi connectivity index (χ0) is 16.0. The molecule has 2 aliphatic heterocycles. The SMILES string of the molecule is CN1CCN(C2CCN(c3cc(Cl)cc4[nH]ncc34)CC2)C1=O. The van der Waals surface area contributed by atoms with Crippen LogP contribution in [0.3, 0.4) is 0 Å². The number of anilines is 1. The normalized spacial score (nSPS) is 20.1. The van der Waals surface area contributed by atoms with Crippen molar-refractivity contribution in [2.75, 3.05) is 38.1 Å². The number of aromatic amines is 1. The first kappa shape index (κ1) is 14.6. The van der Waals surface area contributed by atoms with Crippen LogP contribution in [0, 0.1) is 0 Å². The lowest BCUT2D eigenvalue weighted by Crippen LogP contribution is -2.46. The molecule has 0 aliphatic carbocycles. The Morgan fingerprint density at radius 3 is 2.70 bits per heavy atom. The van der Waals surface area contributed by atoms with Crippen molar-refractivity contribution in [1.29, 1.82) is 0 Å². The number of nitrogens with one attached hydrogen (secondary N) is 1. The fourth-order valence-corrected chi connectivity index (χ4v) is 3.90. The molecule has 6 nitrogen and oxygen atoms in total. The van der Waals surface area contributed by atoms with E-state index in [1.54, 1.807) is 4.90 Å². The summed E-state index contributed by atoms with van der Waals surface area (Å²) in [4.78, 5) is 18.3. The van der Waals surface area contributed by atoms with Gasteiger partial charge in [0.2, 0.25) is 0 Å². The Morgan fingerprint density at radius 1 is 1.22 bits per heavy atom. The minimum atomic E-state index is 0.170. The third-order valence-corrected chi connectivity index (χ3v) is 5.21. The summed E-state index contributed by atoms with van der Waals surface area (Å²) in [6.07, 6.45) is 3.84. The van der Waals surface area contributed by atoms with Crippen LogP contribution in [0.2, 0.25) is 5.02 Å². The van der Waals surface area contributed by atoms with Crippen LogP contribution in [-0.2, 0) is 0 Å². The number of H-pyrrole nitrogens is 1. The Labute approximate surface area is 140 Å². The van der Waals surface area contributed by atoms with Crippen molar-refractivity contribution in [2.24, 2.45) is 0 Å². The number of rotatable bonds is 2. The predicted molar refractivity (Wildman–Crippen MR) is 91.1 cm³/mol.